The van der Waals surface area contributed by atoms with Crippen molar-refractivity contribution < 1.29 is 14.9 Å². The SMILES string of the molecule is COc1ccccc1-c1ccc(O)c(O)c1. The van der Waals surface area contributed by atoms with E-state index in [4.69, 9.17) is 4.74 Å². The van der Waals surface area contributed by atoms with Crippen molar-refractivity contribution in [1.29, 1.82) is 0 Å². The summed E-state index contributed by atoms with van der Waals surface area (Å²) >= 11 is 0. The first kappa shape index (κ1) is 10.4. The Hall–Kier alpha value is -2.16. The normalized spacial score (nSPS) is 10.1. The maximum atomic E-state index is 9.43. The highest BCUT2D eigenvalue weighted by Gasteiger charge is 2.07. The number of hydrogen-bond acceptors (Lipinski definition) is 3. The molecule has 3 nitrogen and oxygen atoms in total. The van der Waals surface area contributed by atoms with E-state index in [0.717, 1.165) is 16.9 Å². The molecule has 0 aromatic heterocycles. The fourth-order valence-corrected chi connectivity index (χ4v) is 1.57. The summed E-state index contributed by atoms with van der Waals surface area (Å²) in [6.07, 6.45) is 0. The lowest BCUT2D eigenvalue weighted by molar-refractivity contribution is 0.403. The lowest BCUT2D eigenvalue weighted by Crippen LogP contribution is -1.87. The van der Waals surface area contributed by atoms with Crippen molar-refractivity contribution in [3.63, 3.8) is 0 Å². The highest BCUT2D eigenvalue weighted by atomic mass is 16.5. The van der Waals surface area contributed by atoms with E-state index in [2.05, 4.69) is 0 Å². The molecule has 2 aromatic carbocycles. The third kappa shape index (κ3) is 1.80. The zero-order valence-electron chi connectivity index (χ0n) is 8.84. The van der Waals surface area contributed by atoms with E-state index in [1.165, 1.54) is 12.1 Å². The minimum atomic E-state index is -0.136. The number of rotatable bonds is 2. The van der Waals surface area contributed by atoms with Crippen molar-refractivity contribution in [2.45, 2.75) is 0 Å². The van der Waals surface area contributed by atoms with Gasteiger partial charge in [0.05, 0.1) is 7.11 Å². The van der Waals surface area contributed by atoms with E-state index in [0.29, 0.717) is 0 Å². The number of phenolic OH excluding ortho intramolecular Hbond substituents is 2. The first-order valence-corrected chi connectivity index (χ1v) is 4.87. The molecule has 0 heterocycles. The molecule has 0 aliphatic heterocycles. The van der Waals surface area contributed by atoms with Crippen molar-refractivity contribution in [3.05, 3.63) is 42.5 Å². The summed E-state index contributed by atoms with van der Waals surface area (Å²) in [6.45, 7) is 0. The number of hydrogen-bond donors (Lipinski definition) is 2. The van der Waals surface area contributed by atoms with E-state index >= 15 is 0 Å². The second-order valence-corrected chi connectivity index (χ2v) is 3.40. The second-order valence-electron chi connectivity index (χ2n) is 3.40. The highest BCUT2D eigenvalue weighted by molar-refractivity contribution is 5.72. The number of para-hydroxylation sites is 1. The van der Waals surface area contributed by atoms with Crippen molar-refractivity contribution in [3.8, 4) is 28.4 Å². The molecule has 0 amide bonds. The van der Waals surface area contributed by atoms with E-state index in [9.17, 15) is 10.2 Å². The Morgan fingerprint density at radius 1 is 0.938 bits per heavy atom. The Labute approximate surface area is 93.6 Å². The van der Waals surface area contributed by atoms with Gasteiger partial charge in [-0.2, -0.15) is 0 Å². The zero-order valence-corrected chi connectivity index (χ0v) is 8.84. The van der Waals surface area contributed by atoms with Gasteiger partial charge in [-0.05, 0) is 23.8 Å². The Kier molecular flexibility index (Phi) is 2.68. The van der Waals surface area contributed by atoms with Gasteiger partial charge in [-0.15, -0.1) is 0 Å². The quantitative estimate of drug-likeness (QED) is 0.759. The molecule has 0 spiro atoms. The maximum Gasteiger partial charge on any atom is 0.158 e. The molecule has 0 fully saturated rings. The highest BCUT2D eigenvalue weighted by Crippen LogP contribution is 2.34. The van der Waals surface area contributed by atoms with E-state index in [-0.39, 0.29) is 11.5 Å². The monoisotopic (exact) mass is 216 g/mol. The van der Waals surface area contributed by atoms with Crippen LogP contribution in [-0.4, -0.2) is 17.3 Å². The molecular formula is C13H12O3. The van der Waals surface area contributed by atoms with Crippen LogP contribution in [-0.2, 0) is 0 Å². The van der Waals surface area contributed by atoms with Crippen LogP contribution in [0.5, 0.6) is 17.2 Å². The minimum absolute atomic E-state index is 0.126. The van der Waals surface area contributed by atoms with Crippen molar-refractivity contribution in [2.75, 3.05) is 7.11 Å². The smallest absolute Gasteiger partial charge is 0.158 e. The second kappa shape index (κ2) is 4.14. The molecule has 0 radical (unpaired) electrons. The number of benzene rings is 2. The summed E-state index contributed by atoms with van der Waals surface area (Å²) in [7, 11) is 1.60. The molecule has 0 atom stereocenters. The summed E-state index contributed by atoms with van der Waals surface area (Å²) in [4.78, 5) is 0. The summed E-state index contributed by atoms with van der Waals surface area (Å²) in [5, 5.41) is 18.7. The lowest BCUT2D eigenvalue weighted by atomic mass is 10.0. The van der Waals surface area contributed by atoms with Crippen LogP contribution < -0.4 is 4.74 Å². The van der Waals surface area contributed by atoms with Crippen LogP contribution in [0.1, 0.15) is 0 Å². The predicted molar refractivity (Wildman–Crippen MR) is 61.8 cm³/mol. The molecule has 16 heavy (non-hydrogen) atoms. The van der Waals surface area contributed by atoms with Crippen molar-refractivity contribution in [2.24, 2.45) is 0 Å². The average molecular weight is 216 g/mol. The molecule has 0 unspecified atom stereocenters. The molecular weight excluding hydrogens is 204 g/mol. The van der Waals surface area contributed by atoms with Gasteiger partial charge in [-0.25, -0.2) is 0 Å². The van der Waals surface area contributed by atoms with Gasteiger partial charge in [0, 0.05) is 5.56 Å². The molecule has 3 heteroatoms. The number of ether oxygens (including phenoxy) is 1. The molecule has 2 N–H and O–H groups in total. The molecule has 0 bridgehead atoms. The zero-order chi connectivity index (χ0) is 11.5. The van der Waals surface area contributed by atoms with Crippen LogP contribution >= 0.6 is 0 Å². The van der Waals surface area contributed by atoms with Crippen LogP contribution in [0.15, 0.2) is 42.5 Å². The Bertz CT molecular complexity index is 506. The van der Waals surface area contributed by atoms with Gasteiger partial charge in [0.2, 0.25) is 0 Å². The van der Waals surface area contributed by atoms with Crippen LogP contribution in [0.25, 0.3) is 11.1 Å². The van der Waals surface area contributed by atoms with Crippen molar-refractivity contribution >= 4 is 0 Å². The summed E-state index contributed by atoms with van der Waals surface area (Å²) < 4.78 is 5.23. The minimum Gasteiger partial charge on any atom is -0.504 e. The van der Waals surface area contributed by atoms with E-state index in [1.54, 1.807) is 13.2 Å². The standard InChI is InChI=1S/C13H12O3/c1-16-13-5-3-2-4-10(13)9-6-7-11(14)12(15)8-9/h2-8,14-15H,1H3. The number of methoxy groups -OCH3 is 1. The van der Waals surface area contributed by atoms with E-state index in [1.807, 2.05) is 24.3 Å². The van der Waals surface area contributed by atoms with Gasteiger partial charge < -0.3 is 14.9 Å². The van der Waals surface area contributed by atoms with Crippen LogP contribution in [0, 0.1) is 0 Å². The first-order chi connectivity index (χ1) is 7.72. The van der Waals surface area contributed by atoms with Gasteiger partial charge in [-0.3, -0.25) is 0 Å². The average Bonchev–Trinajstić information content (AvgIpc) is 2.32. The molecule has 2 aromatic rings. The summed E-state index contributed by atoms with van der Waals surface area (Å²) in [5.74, 6) is 0.467. The fourth-order valence-electron chi connectivity index (χ4n) is 1.57. The number of aromatic hydroxyl groups is 2. The third-order valence-electron chi connectivity index (χ3n) is 2.39. The van der Waals surface area contributed by atoms with Crippen LogP contribution in [0.4, 0.5) is 0 Å². The fraction of sp³-hybridized carbons (Fsp3) is 0.0769. The molecule has 0 aliphatic carbocycles. The largest absolute Gasteiger partial charge is 0.504 e. The first-order valence-electron chi connectivity index (χ1n) is 4.87. The van der Waals surface area contributed by atoms with Gasteiger partial charge in [0.1, 0.15) is 5.75 Å². The molecule has 82 valence electrons. The molecule has 2 rings (SSSR count). The third-order valence-corrected chi connectivity index (χ3v) is 2.39. The Morgan fingerprint density at radius 3 is 2.38 bits per heavy atom. The van der Waals surface area contributed by atoms with Crippen LogP contribution in [0.3, 0.4) is 0 Å². The summed E-state index contributed by atoms with van der Waals surface area (Å²) in [6, 6.07) is 12.2. The Balaban J connectivity index is 2.54. The molecule has 0 saturated carbocycles. The Morgan fingerprint density at radius 2 is 1.69 bits per heavy atom. The maximum absolute atomic E-state index is 9.43. The van der Waals surface area contributed by atoms with Gasteiger partial charge in [0.25, 0.3) is 0 Å². The predicted octanol–water partition coefficient (Wildman–Crippen LogP) is 2.77. The van der Waals surface area contributed by atoms with Gasteiger partial charge >= 0.3 is 0 Å². The number of phenols is 2. The molecule has 0 saturated heterocycles. The lowest BCUT2D eigenvalue weighted by Gasteiger charge is -2.08. The topological polar surface area (TPSA) is 49.7 Å². The van der Waals surface area contributed by atoms with Crippen LogP contribution in [0.2, 0.25) is 0 Å². The van der Waals surface area contributed by atoms with Crippen molar-refractivity contribution in [1.82, 2.24) is 0 Å². The molecule has 0 aliphatic rings. The van der Waals surface area contributed by atoms with E-state index < -0.39 is 0 Å². The van der Waals surface area contributed by atoms with Gasteiger partial charge in [0.15, 0.2) is 11.5 Å². The summed E-state index contributed by atoms with van der Waals surface area (Å²) in [5.41, 5.74) is 1.67. The van der Waals surface area contributed by atoms with Gasteiger partial charge in [-0.1, -0.05) is 24.3 Å².